The summed E-state index contributed by atoms with van der Waals surface area (Å²) in [6, 6.07) is 4.02. The van der Waals surface area contributed by atoms with Gasteiger partial charge in [0, 0.05) is 12.1 Å². The molecule has 0 heterocycles. The van der Waals surface area contributed by atoms with Crippen molar-refractivity contribution in [2.75, 3.05) is 16.8 Å². The highest BCUT2D eigenvalue weighted by molar-refractivity contribution is 7.91. The van der Waals surface area contributed by atoms with Crippen LogP contribution in [-0.2, 0) is 20.8 Å². The number of nitrogens with zero attached hydrogens (tertiary/aromatic N) is 1. The topological polar surface area (TPSA) is 107 Å². The zero-order chi connectivity index (χ0) is 33.3. The zero-order valence-electron chi connectivity index (χ0n) is 23.0. The van der Waals surface area contributed by atoms with Crippen molar-refractivity contribution in [3.63, 3.8) is 0 Å². The van der Waals surface area contributed by atoms with E-state index in [-0.39, 0.29) is 18.5 Å². The van der Waals surface area contributed by atoms with Gasteiger partial charge in [-0.05, 0) is 38.0 Å². The molecule has 0 aliphatic heterocycles. The third-order valence-electron chi connectivity index (χ3n) is 6.60. The molecule has 1 aromatic rings. The largest absolute Gasteiger partial charge is 0.459 e. The Labute approximate surface area is 242 Å². The second-order valence-corrected chi connectivity index (χ2v) is 12.7. The van der Waals surface area contributed by atoms with Gasteiger partial charge >= 0.3 is 24.2 Å². The molecule has 0 radical (unpaired) electrons. The highest BCUT2D eigenvalue weighted by atomic mass is 32.2. The molecule has 0 aromatic heterocycles. The Bertz CT molecular complexity index is 1220. The van der Waals surface area contributed by atoms with E-state index in [1.54, 1.807) is 0 Å². The Morgan fingerprint density at radius 3 is 1.84 bits per heavy atom. The number of nitrogens with one attached hydrogen (secondary N) is 1. The number of hydrogen-bond donors (Lipinski definition) is 2. The molecule has 246 valence electrons. The number of nitriles is 1. The smallest absolute Gasteiger partial charge is 0.380 e. The highest BCUT2D eigenvalue weighted by Gasteiger charge is 2.72. The number of amides is 1. The Kier molecular flexibility index (Phi) is 13.3. The molecule has 2 N–H and O–H groups in total. The van der Waals surface area contributed by atoms with Gasteiger partial charge in [-0.25, -0.2) is 8.42 Å². The summed E-state index contributed by atoms with van der Waals surface area (Å²) in [7, 11) is -4.28. The Hall–Kier alpha value is -2.61. The van der Waals surface area contributed by atoms with Gasteiger partial charge in [-0.1, -0.05) is 44.9 Å². The lowest BCUT2D eigenvalue weighted by Crippen LogP contribution is -2.52. The van der Waals surface area contributed by atoms with E-state index < -0.39 is 74.6 Å². The number of sulfone groups is 1. The second kappa shape index (κ2) is 14.9. The van der Waals surface area contributed by atoms with Gasteiger partial charge in [0.1, 0.15) is 5.60 Å². The number of carbonyl (C=O) groups excluding carboxylic acids is 1. The van der Waals surface area contributed by atoms with Crippen LogP contribution in [0.25, 0.3) is 0 Å². The fourth-order valence-corrected chi connectivity index (χ4v) is 5.35. The number of rotatable bonds is 17. The van der Waals surface area contributed by atoms with Gasteiger partial charge in [-0.3, -0.25) is 4.79 Å². The van der Waals surface area contributed by atoms with Crippen LogP contribution in [0.2, 0.25) is 0 Å². The number of anilines is 1. The SMILES string of the molecule is CC(O)(CCCCCCCCCCS(=O)(=O)CCC(F)(F)C(F)(F)C(F)(F)F)C(=O)Nc1ccc(C#N)c(C(F)(F)F)c1. The summed E-state index contributed by atoms with van der Waals surface area (Å²) in [6.07, 6.45) is -9.71. The minimum atomic E-state index is -6.52. The molecule has 0 spiro atoms. The van der Waals surface area contributed by atoms with Crippen LogP contribution in [-0.4, -0.2) is 54.6 Å². The number of halogens is 10. The molecule has 0 aliphatic rings. The van der Waals surface area contributed by atoms with Crippen molar-refractivity contribution < 1.29 is 62.2 Å². The first-order chi connectivity index (χ1) is 19.5. The van der Waals surface area contributed by atoms with E-state index in [4.69, 9.17) is 5.26 Å². The van der Waals surface area contributed by atoms with Crippen molar-refractivity contribution in [2.45, 2.75) is 101 Å². The molecular weight excluding hydrogens is 626 g/mol. The maximum atomic E-state index is 13.3. The number of benzene rings is 1. The summed E-state index contributed by atoms with van der Waals surface area (Å²) in [6.45, 7) is 1.20. The fraction of sp³-hybridized carbons (Fsp3) is 0.692. The second-order valence-electron chi connectivity index (χ2n) is 10.4. The molecular formula is C26H32F10N2O4S. The summed E-state index contributed by atoms with van der Waals surface area (Å²) in [5.74, 6) is -15.0. The van der Waals surface area contributed by atoms with E-state index in [0.717, 1.165) is 12.1 Å². The molecule has 17 heteroatoms. The van der Waals surface area contributed by atoms with Gasteiger partial charge in [-0.15, -0.1) is 0 Å². The van der Waals surface area contributed by atoms with E-state index in [2.05, 4.69) is 5.32 Å². The first kappa shape index (κ1) is 38.4. The van der Waals surface area contributed by atoms with Crippen LogP contribution in [0.1, 0.15) is 82.3 Å². The van der Waals surface area contributed by atoms with Crippen molar-refractivity contribution >= 4 is 21.4 Å². The van der Waals surface area contributed by atoms with Gasteiger partial charge in [0.15, 0.2) is 9.84 Å². The normalized spacial score (nSPS) is 14.7. The number of carbonyl (C=O) groups is 1. The summed E-state index contributed by atoms with van der Waals surface area (Å²) < 4.78 is 152. The molecule has 0 fully saturated rings. The van der Waals surface area contributed by atoms with Crippen LogP contribution in [0.3, 0.4) is 0 Å². The number of unbranched alkanes of at least 4 members (excludes halogenated alkanes) is 7. The maximum absolute atomic E-state index is 13.3. The zero-order valence-corrected chi connectivity index (χ0v) is 23.8. The Morgan fingerprint density at radius 1 is 0.837 bits per heavy atom. The van der Waals surface area contributed by atoms with Gasteiger partial charge in [0.2, 0.25) is 0 Å². The van der Waals surface area contributed by atoms with Crippen LogP contribution in [0.5, 0.6) is 0 Å². The van der Waals surface area contributed by atoms with Crippen molar-refractivity contribution in [3.8, 4) is 6.07 Å². The van der Waals surface area contributed by atoms with Crippen LogP contribution in [0.15, 0.2) is 18.2 Å². The van der Waals surface area contributed by atoms with Gasteiger partial charge in [-0.2, -0.15) is 49.2 Å². The molecule has 1 atom stereocenters. The van der Waals surface area contributed by atoms with Gasteiger partial charge in [0.25, 0.3) is 5.91 Å². The molecule has 1 amide bonds. The number of alkyl halides is 10. The highest BCUT2D eigenvalue weighted by Crippen LogP contribution is 2.48. The molecule has 1 unspecified atom stereocenters. The molecule has 6 nitrogen and oxygen atoms in total. The predicted molar refractivity (Wildman–Crippen MR) is 136 cm³/mol. The molecule has 0 saturated carbocycles. The predicted octanol–water partition coefficient (Wildman–Crippen LogP) is 7.42. The average molecular weight is 659 g/mol. The molecule has 0 saturated heterocycles. The van der Waals surface area contributed by atoms with E-state index in [1.807, 2.05) is 0 Å². The van der Waals surface area contributed by atoms with E-state index in [9.17, 15) is 62.2 Å². The van der Waals surface area contributed by atoms with Crippen LogP contribution in [0, 0.1) is 11.3 Å². The monoisotopic (exact) mass is 658 g/mol. The first-order valence-corrected chi connectivity index (χ1v) is 15.0. The molecule has 1 aromatic carbocycles. The third-order valence-corrected chi connectivity index (χ3v) is 8.34. The minimum Gasteiger partial charge on any atom is -0.380 e. The first-order valence-electron chi connectivity index (χ1n) is 13.1. The third kappa shape index (κ3) is 11.8. The number of hydrogen-bond acceptors (Lipinski definition) is 5. The van der Waals surface area contributed by atoms with E-state index in [1.165, 1.54) is 13.0 Å². The van der Waals surface area contributed by atoms with Crippen molar-refractivity contribution in [1.29, 1.82) is 5.26 Å². The average Bonchev–Trinajstić information content (AvgIpc) is 2.87. The van der Waals surface area contributed by atoms with E-state index >= 15 is 0 Å². The molecule has 0 bridgehead atoms. The van der Waals surface area contributed by atoms with Crippen LogP contribution in [0.4, 0.5) is 49.6 Å². The molecule has 1 rings (SSSR count). The summed E-state index contributed by atoms with van der Waals surface area (Å²) in [5, 5.41) is 21.5. The maximum Gasteiger partial charge on any atom is 0.459 e. The van der Waals surface area contributed by atoms with Crippen molar-refractivity contribution in [2.24, 2.45) is 0 Å². The van der Waals surface area contributed by atoms with Crippen LogP contribution < -0.4 is 5.32 Å². The lowest BCUT2D eigenvalue weighted by molar-refractivity contribution is -0.354. The standard InChI is InChI=1S/C26H32F10N2O4S/c1-22(40,21(39)38-19-11-10-18(17-37)20(16-19)24(29,30)31)12-8-6-4-2-3-5-7-9-14-43(41,42)15-13-23(27,28)25(32,33)26(34,35)36/h10-11,16,40H,2-9,12-15H2,1H3,(H,38,39). The molecule has 0 aliphatic carbocycles. The summed E-state index contributed by atoms with van der Waals surface area (Å²) >= 11 is 0. The van der Waals surface area contributed by atoms with Crippen molar-refractivity contribution in [1.82, 2.24) is 0 Å². The Morgan fingerprint density at radius 2 is 1.35 bits per heavy atom. The quantitative estimate of drug-likeness (QED) is 0.134. The van der Waals surface area contributed by atoms with E-state index in [0.29, 0.717) is 51.0 Å². The van der Waals surface area contributed by atoms with Gasteiger partial charge < -0.3 is 10.4 Å². The van der Waals surface area contributed by atoms with Crippen molar-refractivity contribution in [3.05, 3.63) is 29.3 Å². The lowest BCUT2D eigenvalue weighted by atomic mass is 9.96. The van der Waals surface area contributed by atoms with Crippen LogP contribution >= 0.6 is 0 Å². The number of aliphatic hydroxyl groups is 1. The minimum absolute atomic E-state index is 0.00521. The summed E-state index contributed by atoms with van der Waals surface area (Å²) in [4.78, 5) is 12.4. The summed E-state index contributed by atoms with van der Waals surface area (Å²) in [5.41, 5.74) is -4.00. The fourth-order valence-electron chi connectivity index (χ4n) is 3.94. The van der Waals surface area contributed by atoms with Gasteiger partial charge in [0.05, 0.1) is 28.7 Å². The lowest BCUT2D eigenvalue weighted by Gasteiger charge is -2.28. The Balaban J connectivity index is 2.32. The molecule has 43 heavy (non-hydrogen) atoms.